The van der Waals surface area contributed by atoms with E-state index in [9.17, 15) is 26.4 Å². The molecular weight excluding hydrogens is 467 g/mol. The van der Waals surface area contributed by atoms with Crippen molar-refractivity contribution in [2.24, 2.45) is 5.92 Å². The van der Waals surface area contributed by atoms with Crippen LogP contribution in [0.15, 0.2) is 53.4 Å². The summed E-state index contributed by atoms with van der Waals surface area (Å²) in [5, 5.41) is 2.03. The van der Waals surface area contributed by atoms with Gasteiger partial charge >= 0.3 is 6.18 Å². The molecule has 0 unspecified atom stereocenters. The number of hydrogen-bond donors (Lipinski definition) is 1. The summed E-state index contributed by atoms with van der Waals surface area (Å²) in [4.78, 5) is 11.8. The summed E-state index contributed by atoms with van der Waals surface area (Å²) in [7, 11) is -4.35. The first-order chi connectivity index (χ1) is 15.0. The van der Waals surface area contributed by atoms with Gasteiger partial charge in [0.05, 0.1) is 34.3 Å². The minimum Gasteiger partial charge on any atom is -0.373 e. The smallest absolute Gasteiger partial charge is 0.373 e. The number of benzene rings is 2. The van der Waals surface area contributed by atoms with Crippen LogP contribution in [0.25, 0.3) is 0 Å². The molecule has 3 atom stereocenters. The number of rotatable bonds is 7. The molecule has 32 heavy (non-hydrogen) atoms. The molecule has 2 aromatic rings. The van der Waals surface area contributed by atoms with Crippen molar-refractivity contribution in [3.63, 3.8) is 0 Å². The van der Waals surface area contributed by atoms with E-state index < -0.39 is 43.7 Å². The predicted octanol–water partition coefficient (Wildman–Crippen LogP) is 4.63. The number of sulfone groups is 1. The van der Waals surface area contributed by atoms with Crippen LogP contribution >= 0.6 is 11.6 Å². The first kappa shape index (κ1) is 24.5. The first-order valence-corrected chi connectivity index (χ1v) is 12.0. The van der Waals surface area contributed by atoms with Crippen molar-refractivity contribution < 1.29 is 31.1 Å². The van der Waals surface area contributed by atoms with Crippen LogP contribution in [0.2, 0.25) is 5.02 Å². The zero-order valence-corrected chi connectivity index (χ0v) is 18.8. The highest BCUT2D eigenvalue weighted by Crippen LogP contribution is 2.40. The number of ether oxygens (including phenoxy) is 1. The molecule has 3 rings (SSSR count). The molecule has 0 aromatic heterocycles. The summed E-state index contributed by atoms with van der Waals surface area (Å²) in [6.07, 6.45) is -5.77. The lowest BCUT2D eigenvalue weighted by atomic mass is 10.1. The second-order valence-corrected chi connectivity index (χ2v) is 10.2. The van der Waals surface area contributed by atoms with Gasteiger partial charge in [-0.05, 0) is 49.6 Å². The van der Waals surface area contributed by atoms with Crippen molar-refractivity contribution in [2.45, 2.75) is 48.8 Å². The molecule has 1 saturated carbocycles. The average molecular weight is 490 g/mol. The van der Waals surface area contributed by atoms with Crippen molar-refractivity contribution in [1.82, 2.24) is 5.32 Å². The van der Waals surface area contributed by atoms with E-state index in [1.807, 2.05) is 0 Å². The number of carbonyl (C=O) groups is 1. The second kappa shape index (κ2) is 9.80. The van der Waals surface area contributed by atoms with E-state index in [1.54, 1.807) is 31.2 Å². The normalized spacial score (nSPS) is 21.5. The molecule has 174 valence electrons. The van der Waals surface area contributed by atoms with Crippen LogP contribution in [0.1, 0.15) is 30.9 Å². The largest absolute Gasteiger partial charge is 0.417 e. The number of alkyl halides is 3. The third-order valence-corrected chi connectivity index (χ3v) is 7.95. The fourth-order valence-corrected chi connectivity index (χ4v) is 6.03. The van der Waals surface area contributed by atoms with Gasteiger partial charge < -0.3 is 10.1 Å². The maximum absolute atomic E-state index is 13.4. The minimum atomic E-state index is -4.81. The molecule has 2 aromatic carbocycles. The maximum atomic E-state index is 13.4. The summed E-state index contributed by atoms with van der Waals surface area (Å²) in [5.74, 6) is -1.17. The van der Waals surface area contributed by atoms with Crippen LogP contribution in [0.5, 0.6) is 0 Å². The van der Waals surface area contributed by atoms with Crippen molar-refractivity contribution in [1.29, 1.82) is 0 Å². The minimum absolute atomic E-state index is 0.0794. The molecule has 10 heteroatoms. The molecule has 0 spiro atoms. The van der Waals surface area contributed by atoms with Gasteiger partial charge in [-0.2, -0.15) is 13.2 Å². The zero-order valence-electron chi connectivity index (χ0n) is 17.2. The van der Waals surface area contributed by atoms with Crippen molar-refractivity contribution in [3.05, 3.63) is 64.7 Å². The first-order valence-electron chi connectivity index (χ1n) is 10.1. The molecule has 1 amide bonds. The van der Waals surface area contributed by atoms with Gasteiger partial charge in [-0.3, -0.25) is 4.79 Å². The van der Waals surface area contributed by atoms with Gasteiger partial charge in [-0.1, -0.05) is 35.9 Å². The number of carbonyl (C=O) groups excluding carboxylic acids is 1. The Labute approximate surface area is 189 Å². The number of amides is 1. The van der Waals surface area contributed by atoms with E-state index in [-0.39, 0.29) is 25.4 Å². The summed E-state index contributed by atoms with van der Waals surface area (Å²) in [6.45, 7) is 2.18. The highest BCUT2D eigenvalue weighted by atomic mass is 35.5. The van der Waals surface area contributed by atoms with E-state index in [2.05, 4.69) is 5.32 Å². The molecule has 5 nitrogen and oxygen atoms in total. The van der Waals surface area contributed by atoms with Crippen LogP contribution in [0.3, 0.4) is 0 Å². The van der Waals surface area contributed by atoms with Crippen LogP contribution in [0.4, 0.5) is 13.2 Å². The van der Waals surface area contributed by atoms with Crippen molar-refractivity contribution >= 4 is 27.3 Å². The van der Waals surface area contributed by atoms with Crippen LogP contribution in [-0.4, -0.2) is 32.2 Å². The standard InChI is InChI=1S/C22H23ClF3NO4S/c1-2-27-21(28)17-11-16(12-19(17)31-13-14-7-9-15(23)10-8-14)32(29,30)20-6-4-3-5-18(20)22(24,25)26/h3-10,16-17,19H,2,11-13H2,1H3,(H,27,28)/t16-,17-,19-/m0/s1. The Hall–Kier alpha value is -2.10. The van der Waals surface area contributed by atoms with Gasteiger partial charge in [-0.15, -0.1) is 0 Å². The van der Waals surface area contributed by atoms with Crippen molar-refractivity contribution in [3.8, 4) is 0 Å². The second-order valence-electron chi connectivity index (χ2n) is 7.61. The van der Waals surface area contributed by atoms with E-state index in [0.29, 0.717) is 11.6 Å². The average Bonchev–Trinajstić information content (AvgIpc) is 3.18. The number of halogens is 4. The Balaban J connectivity index is 1.86. The molecule has 1 aliphatic carbocycles. The predicted molar refractivity (Wildman–Crippen MR) is 114 cm³/mol. The van der Waals surface area contributed by atoms with Crippen LogP contribution in [-0.2, 0) is 32.2 Å². The lowest BCUT2D eigenvalue weighted by molar-refractivity contribution is -0.140. The lowest BCUT2D eigenvalue weighted by Gasteiger charge is -2.19. The van der Waals surface area contributed by atoms with Crippen molar-refractivity contribution in [2.75, 3.05) is 6.54 Å². The van der Waals surface area contributed by atoms with E-state index >= 15 is 0 Å². The molecule has 1 aliphatic rings. The van der Waals surface area contributed by atoms with Crippen LogP contribution in [0, 0.1) is 5.92 Å². The van der Waals surface area contributed by atoms with E-state index in [1.165, 1.54) is 6.07 Å². The molecule has 1 fully saturated rings. The number of nitrogens with one attached hydrogen (secondary N) is 1. The van der Waals surface area contributed by atoms with Gasteiger partial charge in [0.1, 0.15) is 0 Å². The monoisotopic (exact) mass is 489 g/mol. The van der Waals surface area contributed by atoms with Gasteiger partial charge in [0.25, 0.3) is 0 Å². The van der Waals surface area contributed by atoms with E-state index in [0.717, 1.165) is 23.8 Å². The quantitative estimate of drug-likeness (QED) is 0.615. The maximum Gasteiger partial charge on any atom is 0.417 e. The van der Waals surface area contributed by atoms with E-state index in [4.69, 9.17) is 16.3 Å². The van der Waals surface area contributed by atoms with Gasteiger partial charge in [0, 0.05) is 11.6 Å². The summed E-state index contributed by atoms with van der Waals surface area (Å²) in [5.41, 5.74) is -0.433. The Morgan fingerprint density at radius 3 is 2.41 bits per heavy atom. The SMILES string of the molecule is CCNC(=O)[C@H]1C[C@H](S(=O)(=O)c2ccccc2C(F)(F)F)C[C@@H]1OCc1ccc(Cl)cc1. The molecular formula is C22H23ClF3NO4S. The molecule has 0 bridgehead atoms. The van der Waals surface area contributed by atoms with Gasteiger partial charge in [0.2, 0.25) is 5.91 Å². The third-order valence-electron chi connectivity index (χ3n) is 5.46. The van der Waals surface area contributed by atoms with Crippen LogP contribution < -0.4 is 5.32 Å². The number of hydrogen-bond acceptors (Lipinski definition) is 4. The zero-order chi connectivity index (χ0) is 23.5. The lowest BCUT2D eigenvalue weighted by Crippen LogP contribution is -2.35. The highest BCUT2D eigenvalue weighted by Gasteiger charge is 2.47. The van der Waals surface area contributed by atoms with Gasteiger partial charge in [-0.25, -0.2) is 8.42 Å². The molecule has 1 N–H and O–H groups in total. The highest BCUT2D eigenvalue weighted by molar-refractivity contribution is 7.92. The molecule has 0 saturated heterocycles. The summed E-state index contributed by atoms with van der Waals surface area (Å²) < 4.78 is 72.5. The molecule has 0 heterocycles. The fraction of sp³-hybridized carbons (Fsp3) is 0.409. The third kappa shape index (κ3) is 5.44. The van der Waals surface area contributed by atoms with Gasteiger partial charge in [0.15, 0.2) is 9.84 Å². The fourth-order valence-electron chi connectivity index (χ4n) is 3.89. The molecule has 0 radical (unpaired) electrons. The molecule has 0 aliphatic heterocycles. The summed E-state index contributed by atoms with van der Waals surface area (Å²) in [6, 6.07) is 10.9. The Kier molecular flexibility index (Phi) is 7.52. The Bertz CT molecular complexity index is 1060. The topological polar surface area (TPSA) is 72.5 Å². The summed E-state index contributed by atoms with van der Waals surface area (Å²) >= 11 is 5.87. The Morgan fingerprint density at radius 1 is 1.12 bits per heavy atom. The Morgan fingerprint density at radius 2 is 1.78 bits per heavy atom.